The number of esters is 1. The molecule has 0 saturated carbocycles. The van der Waals surface area contributed by atoms with Crippen LogP contribution in [-0.4, -0.2) is 42.9 Å². The Labute approximate surface area is 169 Å². The maximum Gasteiger partial charge on any atom is 0.311 e. The molecule has 0 aromatic heterocycles. The molecule has 1 N–H and O–H groups in total. The SMILES string of the molecule is COc1ccc(NC(=O)COC(=O)[C@H]2CC(=O)N([C@H](C)c3ccccc3)C2)cc1. The molecule has 7 heteroatoms. The van der Waals surface area contributed by atoms with Gasteiger partial charge < -0.3 is 19.7 Å². The summed E-state index contributed by atoms with van der Waals surface area (Å²) in [6.45, 7) is 1.82. The third kappa shape index (κ3) is 5.13. The number of rotatable bonds is 7. The minimum absolute atomic E-state index is 0.0917. The van der Waals surface area contributed by atoms with Gasteiger partial charge >= 0.3 is 5.97 Å². The van der Waals surface area contributed by atoms with E-state index in [1.54, 1.807) is 36.3 Å². The van der Waals surface area contributed by atoms with Crippen LogP contribution in [0.3, 0.4) is 0 Å². The largest absolute Gasteiger partial charge is 0.497 e. The summed E-state index contributed by atoms with van der Waals surface area (Å²) in [7, 11) is 1.56. The molecule has 1 aliphatic rings. The average molecular weight is 396 g/mol. The number of hydrogen-bond donors (Lipinski definition) is 1. The number of benzene rings is 2. The zero-order chi connectivity index (χ0) is 20.8. The highest BCUT2D eigenvalue weighted by Gasteiger charge is 2.38. The Hall–Kier alpha value is -3.35. The molecule has 1 fully saturated rings. The highest BCUT2D eigenvalue weighted by molar-refractivity contribution is 5.93. The summed E-state index contributed by atoms with van der Waals surface area (Å²) in [5.74, 6) is -0.962. The van der Waals surface area contributed by atoms with E-state index in [9.17, 15) is 14.4 Å². The zero-order valence-electron chi connectivity index (χ0n) is 16.5. The molecule has 2 amide bonds. The van der Waals surface area contributed by atoms with Crippen molar-refractivity contribution in [2.45, 2.75) is 19.4 Å². The molecule has 2 atom stereocenters. The van der Waals surface area contributed by atoms with E-state index in [0.717, 1.165) is 5.56 Å². The van der Waals surface area contributed by atoms with E-state index in [4.69, 9.17) is 9.47 Å². The second kappa shape index (κ2) is 9.23. The summed E-state index contributed by atoms with van der Waals surface area (Å²) < 4.78 is 10.2. The summed E-state index contributed by atoms with van der Waals surface area (Å²) in [4.78, 5) is 38.4. The average Bonchev–Trinajstić information content (AvgIpc) is 3.14. The molecule has 3 rings (SSSR count). The third-order valence-electron chi connectivity index (χ3n) is 4.96. The van der Waals surface area contributed by atoms with Crippen molar-refractivity contribution in [3.05, 3.63) is 60.2 Å². The van der Waals surface area contributed by atoms with Crippen molar-refractivity contribution >= 4 is 23.5 Å². The quantitative estimate of drug-likeness (QED) is 0.728. The Morgan fingerprint density at radius 3 is 2.48 bits per heavy atom. The lowest BCUT2D eigenvalue weighted by Gasteiger charge is -2.25. The van der Waals surface area contributed by atoms with Gasteiger partial charge in [0.05, 0.1) is 19.1 Å². The lowest BCUT2D eigenvalue weighted by atomic mass is 10.1. The predicted molar refractivity (Wildman–Crippen MR) is 107 cm³/mol. The van der Waals surface area contributed by atoms with Crippen LogP contribution in [0.15, 0.2) is 54.6 Å². The Morgan fingerprint density at radius 2 is 1.83 bits per heavy atom. The minimum atomic E-state index is -0.567. The fraction of sp³-hybridized carbons (Fsp3) is 0.318. The van der Waals surface area contributed by atoms with Crippen LogP contribution in [0.2, 0.25) is 0 Å². The smallest absolute Gasteiger partial charge is 0.311 e. The molecule has 0 aliphatic carbocycles. The molecule has 0 bridgehead atoms. The first-order valence-corrected chi connectivity index (χ1v) is 9.43. The van der Waals surface area contributed by atoms with Crippen LogP contribution in [0.5, 0.6) is 5.75 Å². The van der Waals surface area contributed by atoms with E-state index < -0.39 is 24.4 Å². The number of carbonyl (C=O) groups excluding carboxylic acids is 3. The molecule has 2 aromatic carbocycles. The standard InChI is InChI=1S/C22H24N2O5/c1-15(16-6-4-3-5-7-16)24-13-17(12-21(24)26)22(27)29-14-20(25)23-18-8-10-19(28-2)11-9-18/h3-11,15,17H,12-14H2,1-2H3,(H,23,25)/t15-,17+/m1/s1. The lowest BCUT2D eigenvalue weighted by Crippen LogP contribution is -2.30. The molecule has 7 nitrogen and oxygen atoms in total. The monoisotopic (exact) mass is 396 g/mol. The van der Waals surface area contributed by atoms with Gasteiger partial charge in [0, 0.05) is 18.7 Å². The van der Waals surface area contributed by atoms with Gasteiger partial charge in [0.15, 0.2) is 6.61 Å². The molecule has 29 heavy (non-hydrogen) atoms. The maximum atomic E-state index is 12.4. The van der Waals surface area contributed by atoms with Gasteiger partial charge in [0.25, 0.3) is 5.91 Å². The number of nitrogens with zero attached hydrogens (tertiary/aromatic N) is 1. The Kier molecular flexibility index (Phi) is 6.49. The summed E-state index contributed by atoms with van der Waals surface area (Å²) in [6.07, 6.45) is 0.0934. The van der Waals surface area contributed by atoms with Crippen LogP contribution in [0.25, 0.3) is 0 Å². The first-order chi connectivity index (χ1) is 14.0. The van der Waals surface area contributed by atoms with Gasteiger partial charge in [-0.15, -0.1) is 0 Å². The molecule has 0 unspecified atom stereocenters. The van der Waals surface area contributed by atoms with Crippen LogP contribution in [0.1, 0.15) is 24.9 Å². The van der Waals surface area contributed by atoms with Gasteiger partial charge in [-0.1, -0.05) is 30.3 Å². The van der Waals surface area contributed by atoms with Crippen LogP contribution < -0.4 is 10.1 Å². The molecular formula is C22H24N2O5. The third-order valence-corrected chi connectivity index (χ3v) is 4.96. The molecular weight excluding hydrogens is 372 g/mol. The molecule has 152 valence electrons. The van der Waals surface area contributed by atoms with Gasteiger partial charge in [0.1, 0.15) is 5.75 Å². The fourth-order valence-corrected chi connectivity index (χ4v) is 3.30. The number of amides is 2. The van der Waals surface area contributed by atoms with Gasteiger partial charge in [-0.05, 0) is 36.8 Å². The number of nitrogens with one attached hydrogen (secondary N) is 1. The van der Waals surface area contributed by atoms with Gasteiger partial charge in [0.2, 0.25) is 5.91 Å². The second-order valence-electron chi connectivity index (χ2n) is 6.92. The molecule has 1 heterocycles. The number of ether oxygens (including phenoxy) is 2. The van der Waals surface area contributed by atoms with Crippen molar-refractivity contribution in [3.63, 3.8) is 0 Å². The van der Waals surface area contributed by atoms with E-state index in [2.05, 4.69) is 5.32 Å². The van der Waals surface area contributed by atoms with E-state index in [-0.39, 0.29) is 24.9 Å². The van der Waals surface area contributed by atoms with Gasteiger partial charge in [-0.25, -0.2) is 0 Å². The van der Waals surface area contributed by atoms with Gasteiger partial charge in [-0.3, -0.25) is 14.4 Å². The first kappa shape index (κ1) is 20.4. The highest BCUT2D eigenvalue weighted by Crippen LogP contribution is 2.29. The topological polar surface area (TPSA) is 84.9 Å². The molecule has 2 aromatic rings. The molecule has 0 radical (unpaired) electrons. The number of anilines is 1. The fourth-order valence-electron chi connectivity index (χ4n) is 3.30. The number of hydrogen-bond acceptors (Lipinski definition) is 5. The molecule has 0 spiro atoms. The highest BCUT2D eigenvalue weighted by atomic mass is 16.5. The second-order valence-corrected chi connectivity index (χ2v) is 6.92. The zero-order valence-corrected chi connectivity index (χ0v) is 16.5. The number of methoxy groups -OCH3 is 1. The van der Waals surface area contributed by atoms with Crippen molar-refractivity contribution in [2.75, 3.05) is 25.6 Å². The van der Waals surface area contributed by atoms with E-state index in [1.165, 1.54) is 0 Å². The lowest BCUT2D eigenvalue weighted by molar-refractivity contribution is -0.151. The summed E-state index contributed by atoms with van der Waals surface area (Å²) in [5.41, 5.74) is 1.58. The van der Waals surface area contributed by atoms with Crippen LogP contribution in [0.4, 0.5) is 5.69 Å². The number of carbonyl (C=O) groups is 3. The van der Waals surface area contributed by atoms with Crippen molar-refractivity contribution in [1.29, 1.82) is 0 Å². The van der Waals surface area contributed by atoms with Crippen molar-refractivity contribution in [1.82, 2.24) is 4.90 Å². The van der Waals surface area contributed by atoms with Crippen LogP contribution in [-0.2, 0) is 19.1 Å². The normalized spacial score (nSPS) is 17.0. The first-order valence-electron chi connectivity index (χ1n) is 9.43. The van der Waals surface area contributed by atoms with E-state index in [0.29, 0.717) is 11.4 Å². The Balaban J connectivity index is 1.49. The number of likely N-dealkylation sites (tertiary alicyclic amines) is 1. The van der Waals surface area contributed by atoms with Crippen LogP contribution in [0, 0.1) is 5.92 Å². The van der Waals surface area contributed by atoms with Crippen molar-refractivity contribution in [3.8, 4) is 5.75 Å². The Morgan fingerprint density at radius 1 is 1.14 bits per heavy atom. The molecule has 1 aliphatic heterocycles. The Bertz CT molecular complexity index is 867. The molecule has 1 saturated heterocycles. The van der Waals surface area contributed by atoms with E-state index in [1.807, 2.05) is 37.3 Å². The van der Waals surface area contributed by atoms with Crippen LogP contribution >= 0.6 is 0 Å². The van der Waals surface area contributed by atoms with Crippen molar-refractivity contribution in [2.24, 2.45) is 5.92 Å². The van der Waals surface area contributed by atoms with E-state index >= 15 is 0 Å². The summed E-state index contributed by atoms with van der Waals surface area (Å²) in [6, 6.07) is 16.3. The summed E-state index contributed by atoms with van der Waals surface area (Å²) in [5, 5.41) is 2.65. The summed E-state index contributed by atoms with van der Waals surface area (Å²) >= 11 is 0. The maximum absolute atomic E-state index is 12.4. The van der Waals surface area contributed by atoms with Gasteiger partial charge in [-0.2, -0.15) is 0 Å². The minimum Gasteiger partial charge on any atom is -0.497 e. The predicted octanol–water partition coefficient (Wildman–Crippen LogP) is 2.79. The van der Waals surface area contributed by atoms with Crippen molar-refractivity contribution < 1.29 is 23.9 Å².